The van der Waals surface area contributed by atoms with Crippen molar-refractivity contribution in [1.82, 2.24) is 0 Å². The summed E-state index contributed by atoms with van der Waals surface area (Å²) in [6, 6.07) is 6.85. The maximum absolute atomic E-state index is 5.60. The van der Waals surface area contributed by atoms with Crippen molar-refractivity contribution in [2.24, 2.45) is 0 Å². The molecule has 1 aromatic carbocycles. The van der Waals surface area contributed by atoms with Gasteiger partial charge in [-0.3, -0.25) is 0 Å². The molecule has 1 unspecified atom stereocenters. The van der Waals surface area contributed by atoms with Crippen molar-refractivity contribution in [2.75, 3.05) is 34.4 Å². The number of fused-ring (bicyclic) bond motifs is 1. The minimum Gasteiger partial charge on any atom is -1.00 e. The van der Waals surface area contributed by atoms with Crippen molar-refractivity contribution in [3.8, 4) is 11.5 Å². The van der Waals surface area contributed by atoms with Crippen LogP contribution in [0, 0.1) is 0 Å². The highest BCUT2D eigenvalue weighted by molar-refractivity contribution is 5.43. The number of rotatable bonds is 3. The number of hydrogen-bond donors (Lipinski definition) is 0. The molecule has 1 aliphatic rings. The normalized spacial score (nSPS) is 15.8. The minimum atomic E-state index is 0. The monoisotopic (exact) mass is 363 g/mol. The topological polar surface area (TPSA) is 18.5 Å². The van der Waals surface area contributed by atoms with Crippen molar-refractivity contribution in [3.63, 3.8) is 0 Å². The molecule has 0 radical (unpaired) electrons. The van der Waals surface area contributed by atoms with E-state index in [0.29, 0.717) is 19.3 Å². The van der Waals surface area contributed by atoms with Crippen molar-refractivity contribution in [2.45, 2.75) is 19.4 Å². The maximum Gasteiger partial charge on any atom is 0.161 e. The van der Waals surface area contributed by atoms with Crippen LogP contribution in [0.2, 0.25) is 0 Å². The van der Waals surface area contributed by atoms with Crippen LogP contribution in [-0.2, 0) is 6.42 Å². The SMILES string of the molecule is CC(Cc1ccc2c(c1)OCCO2)[N+](C)(C)C.[I-]. The first-order valence-electron chi connectivity index (χ1n) is 6.16. The fourth-order valence-electron chi connectivity index (χ4n) is 1.83. The molecule has 0 saturated heterocycles. The predicted molar refractivity (Wildman–Crippen MR) is 68.6 cm³/mol. The molecule has 1 aliphatic heterocycles. The van der Waals surface area contributed by atoms with Gasteiger partial charge in [-0.25, -0.2) is 0 Å². The average molecular weight is 363 g/mol. The Bertz CT molecular complexity index is 401. The molecule has 3 nitrogen and oxygen atoms in total. The van der Waals surface area contributed by atoms with Gasteiger partial charge in [0.15, 0.2) is 11.5 Å². The highest BCUT2D eigenvalue weighted by Crippen LogP contribution is 2.31. The molecule has 18 heavy (non-hydrogen) atoms. The Kier molecular flexibility index (Phi) is 5.28. The molecule has 0 spiro atoms. The minimum absolute atomic E-state index is 0. The van der Waals surface area contributed by atoms with Gasteiger partial charge in [0.2, 0.25) is 0 Å². The Morgan fingerprint density at radius 2 is 1.72 bits per heavy atom. The zero-order valence-corrected chi connectivity index (χ0v) is 13.7. The fourth-order valence-corrected chi connectivity index (χ4v) is 1.83. The molecule has 1 aromatic rings. The molecule has 0 N–H and O–H groups in total. The standard InChI is InChI=1S/C14H22NO2.HI/c1-11(15(2,3)4)9-12-5-6-13-14(10-12)17-8-7-16-13;/h5-6,10-11H,7-9H2,1-4H3;1H/q+1;/p-1. The largest absolute Gasteiger partial charge is 1.00 e. The molecule has 0 saturated carbocycles. The summed E-state index contributed by atoms with van der Waals surface area (Å²) < 4.78 is 12.1. The number of quaternary nitrogens is 1. The Labute approximate surface area is 127 Å². The molecular formula is C14H22INO2. The summed E-state index contributed by atoms with van der Waals surface area (Å²) in [5, 5.41) is 0. The lowest BCUT2D eigenvalue weighted by molar-refractivity contribution is -0.893. The van der Waals surface area contributed by atoms with Gasteiger partial charge in [-0.05, 0) is 24.6 Å². The van der Waals surface area contributed by atoms with Crippen LogP contribution < -0.4 is 33.5 Å². The van der Waals surface area contributed by atoms with Gasteiger partial charge in [0.25, 0.3) is 0 Å². The first kappa shape index (κ1) is 15.6. The van der Waals surface area contributed by atoms with E-state index in [1.54, 1.807) is 0 Å². The molecule has 1 atom stereocenters. The first-order valence-corrected chi connectivity index (χ1v) is 6.16. The van der Waals surface area contributed by atoms with Crippen LogP contribution in [-0.4, -0.2) is 44.9 Å². The molecule has 0 bridgehead atoms. The summed E-state index contributed by atoms with van der Waals surface area (Å²) in [5.41, 5.74) is 1.31. The summed E-state index contributed by atoms with van der Waals surface area (Å²) in [7, 11) is 6.67. The lowest BCUT2D eigenvalue weighted by atomic mass is 10.0. The van der Waals surface area contributed by atoms with Crippen molar-refractivity contribution in [3.05, 3.63) is 23.8 Å². The van der Waals surface area contributed by atoms with Crippen LogP contribution in [0.15, 0.2) is 18.2 Å². The Hall–Kier alpha value is -0.490. The molecule has 102 valence electrons. The summed E-state index contributed by atoms with van der Waals surface area (Å²) >= 11 is 0. The molecular weight excluding hydrogens is 341 g/mol. The van der Waals surface area contributed by atoms with E-state index in [2.05, 4.69) is 40.2 Å². The van der Waals surface area contributed by atoms with Crippen LogP contribution in [0.1, 0.15) is 12.5 Å². The second-order valence-corrected chi connectivity index (χ2v) is 5.65. The highest BCUT2D eigenvalue weighted by atomic mass is 127. The quantitative estimate of drug-likeness (QED) is 0.512. The summed E-state index contributed by atoms with van der Waals surface area (Å²) in [5.74, 6) is 1.76. The number of ether oxygens (including phenoxy) is 2. The molecule has 4 heteroatoms. The molecule has 0 aromatic heterocycles. The molecule has 0 amide bonds. The van der Waals surface area contributed by atoms with E-state index in [-0.39, 0.29) is 24.0 Å². The Balaban J connectivity index is 0.00000162. The molecule has 0 fully saturated rings. The third kappa shape index (κ3) is 3.75. The van der Waals surface area contributed by atoms with Gasteiger partial charge in [0.1, 0.15) is 13.2 Å². The van der Waals surface area contributed by atoms with Gasteiger partial charge in [-0.1, -0.05) is 6.07 Å². The summed E-state index contributed by atoms with van der Waals surface area (Å²) in [4.78, 5) is 0. The van der Waals surface area contributed by atoms with Gasteiger partial charge in [0.05, 0.1) is 27.2 Å². The van der Waals surface area contributed by atoms with E-state index in [1.807, 2.05) is 6.07 Å². The van der Waals surface area contributed by atoms with Gasteiger partial charge in [0, 0.05) is 6.42 Å². The van der Waals surface area contributed by atoms with Crippen molar-refractivity contribution < 1.29 is 37.9 Å². The van der Waals surface area contributed by atoms with Crippen LogP contribution in [0.5, 0.6) is 11.5 Å². The van der Waals surface area contributed by atoms with E-state index in [9.17, 15) is 0 Å². The van der Waals surface area contributed by atoms with Crippen LogP contribution >= 0.6 is 0 Å². The summed E-state index contributed by atoms with van der Waals surface area (Å²) in [6.45, 7) is 3.58. The van der Waals surface area contributed by atoms with Gasteiger partial charge < -0.3 is 37.9 Å². The van der Waals surface area contributed by atoms with E-state index in [0.717, 1.165) is 22.4 Å². The third-order valence-electron chi connectivity index (χ3n) is 3.46. The van der Waals surface area contributed by atoms with Gasteiger partial charge in [-0.15, -0.1) is 0 Å². The first-order chi connectivity index (χ1) is 7.97. The van der Waals surface area contributed by atoms with Gasteiger partial charge in [-0.2, -0.15) is 0 Å². The molecule has 0 aliphatic carbocycles. The van der Waals surface area contributed by atoms with E-state index >= 15 is 0 Å². The lowest BCUT2D eigenvalue weighted by Gasteiger charge is -2.32. The van der Waals surface area contributed by atoms with Gasteiger partial charge >= 0.3 is 0 Å². The smallest absolute Gasteiger partial charge is 0.161 e. The van der Waals surface area contributed by atoms with E-state index < -0.39 is 0 Å². The zero-order valence-electron chi connectivity index (χ0n) is 11.6. The van der Waals surface area contributed by atoms with Crippen LogP contribution in [0.3, 0.4) is 0 Å². The Morgan fingerprint density at radius 1 is 1.11 bits per heavy atom. The molecule has 1 heterocycles. The van der Waals surface area contributed by atoms with Crippen LogP contribution in [0.25, 0.3) is 0 Å². The number of benzene rings is 1. The highest BCUT2D eigenvalue weighted by Gasteiger charge is 2.20. The maximum atomic E-state index is 5.60. The van der Waals surface area contributed by atoms with Crippen molar-refractivity contribution in [1.29, 1.82) is 0 Å². The second kappa shape index (κ2) is 6.10. The second-order valence-electron chi connectivity index (χ2n) is 5.65. The Morgan fingerprint density at radius 3 is 2.33 bits per heavy atom. The number of hydrogen-bond acceptors (Lipinski definition) is 2. The van der Waals surface area contributed by atoms with Crippen LogP contribution in [0.4, 0.5) is 0 Å². The third-order valence-corrected chi connectivity index (χ3v) is 3.46. The molecule has 2 rings (SSSR count). The number of likely N-dealkylation sites (N-methyl/N-ethyl adjacent to an activating group) is 1. The zero-order chi connectivity index (χ0) is 12.5. The number of nitrogens with zero attached hydrogens (tertiary/aromatic N) is 1. The van der Waals surface area contributed by atoms with E-state index in [4.69, 9.17) is 9.47 Å². The van der Waals surface area contributed by atoms with Crippen molar-refractivity contribution >= 4 is 0 Å². The summed E-state index contributed by atoms with van der Waals surface area (Å²) in [6.07, 6.45) is 1.06. The fraction of sp³-hybridized carbons (Fsp3) is 0.571. The number of halogens is 1. The predicted octanol–water partition coefficient (Wildman–Crippen LogP) is -0.901. The lowest BCUT2D eigenvalue weighted by Crippen LogP contribution is -3.00. The van der Waals surface area contributed by atoms with E-state index in [1.165, 1.54) is 5.56 Å². The average Bonchev–Trinajstić information content (AvgIpc) is 2.27.